The number of benzene rings is 1. The van der Waals surface area contributed by atoms with Crippen LogP contribution < -0.4 is 10.2 Å². The molecule has 1 aromatic rings. The lowest BCUT2D eigenvalue weighted by Gasteiger charge is -2.50. The zero-order valence-corrected chi connectivity index (χ0v) is 13.8. The van der Waals surface area contributed by atoms with Crippen molar-refractivity contribution in [2.45, 2.75) is 32.2 Å². The Hall–Kier alpha value is -2.43. The minimum Gasteiger partial charge on any atom is -0.346 e. The number of amides is 3. The van der Waals surface area contributed by atoms with Crippen molar-refractivity contribution in [3.05, 3.63) is 42.0 Å². The third kappa shape index (κ3) is 1.78. The van der Waals surface area contributed by atoms with Crippen molar-refractivity contribution >= 4 is 23.4 Å². The van der Waals surface area contributed by atoms with Gasteiger partial charge in [0.1, 0.15) is 0 Å². The van der Waals surface area contributed by atoms with Crippen LogP contribution in [0.3, 0.4) is 0 Å². The largest absolute Gasteiger partial charge is 0.346 e. The molecule has 124 valence electrons. The minimum absolute atomic E-state index is 0.144. The number of para-hydroxylation sites is 1. The van der Waals surface area contributed by atoms with Gasteiger partial charge < -0.3 is 5.32 Å². The summed E-state index contributed by atoms with van der Waals surface area (Å²) >= 11 is 0. The minimum atomic E-state index is -0.761. The van der Waals surface area contributed by atoms with Gasteiger partial charge in [-0.15, -0.1) is 0 Å². The molecule has 0 saturated carbocycles. The van der Waals surface area contributed by atoms with E-state index in [2.05, 4.69) is 12.2 Å². The van der Waals surface area contributed by atoms with E-state index in [1.807, 2.05) is 19.1 Å². The second kappa shape index (κ2) is 5.03. The predicted molar refractivity (Wildman–Crippen MR) is 88.9 cm³/mol. The van der Waals surface area contributed by atoms with Crippen molar-refractivity contribution in [1.82, 2.24) is 5.32 Å². The highest BCUT2D eigenvalue weighted by Gasteiger charge is 2.66. The standard InChI is InChI=1S/C19H20N2O3/c1-3-7-11-10-13-14-15(19(11,2)20-16(13)22)18(24)21(17(14)23)12-8-5-4-6-9-12/h4-6,8-10,13-15H,3,7H2,1-2H3,(H,20,22)/t13-,14-,15+,19+/m1/s1. The number of anilines is 1. The van der Waals surface area contributed by atoms with E-state index < -0.39 is 23.3 Å². The number of imide groups is 1. The Labute approximate surface area is 140 Å². The van der Waals surface area contributed by atoms with E-state index in [0.717, 1.165) is 18.4 Å². The van der Waals surface area contributed by atoms with Crippen LogP contribution in [0.4, 0.5) is 5.69 Å². The second-order valence-corrected chi connectivity index (χ2v) is 7.01. The summed E-state index contributed by atoms with van der Waals surface area (Å²) in [7, 11) is 0. The third-order valence-corrected chi connectivity index (χ3v) is 5.63. The van der Waals surface area contributed by atoms with Crippen LogP contribution in [-0.2, 0) is 14.4 Å². The summed E-state index contributed by atoms with van der Waals surface area (Å²) in [6.45, 7) is 3.96. The monoisotopic (exact) mass is 324 g/mol. The maximum absolute atomic E-state index is 13.1. The molecule has 0 aromatic heterocycles. The smallest absolute Gasteiger partial charge is 0.240 e. The molecule has 2 bridgehead atoms. The molecule has 0 unspecified atom stereocenters. The number of nitrogens with zero attached hydrogens (tertiary/aromatic N) is 1. The molecule has 4 atom stereocenters. The van der Waals surface area contributed by atoms with Gasteiger partial charge in [-0.25, -0.2) is 4.90 Å². The van der Waals surface area contributed by atoms with Gasteiger partial charge in [-0.2, -0.15) is 0 Å². The van der Waals surface area contributed by atoms with Gasteiger partial charge >= 0.3 is 0 Å². The number of hydrogen-bond donors (Lipinski definition) is 1. The molecule has 24 heavy (non-hydrogen) atoms. The Kier molecular flexibility index (Phi) is 3.17. The van der Waals surface area contributed by atoms with Crippen molar-refractivity contribution in [2.24, 2.45) is 17.8 Å². The molecule has 2 fully saturated rings. The molecular formula is C19H20N2O3. The Morgan fingerprint density at radius 1 is 1.12 bits per heavy atom. The van der Waals surface area contributed by atoms with Crippen LogP contribution >= 0.6 is 0 Å². The van der Waals surface area contributed by atoms with Gasteiger partial charge in [0.05, 0.1) is 29.0 Å². The molecule has 0 spiro atoms. The molecule has 3 amide bonds. The predicted octanol–water partition coefficient (Wildman–Crippen LogP) is 2.04. The Bertz CT molecular complexity index is 770. The van der Waals surface area contributed by atoms with Gasteiger partial charge in [0.25, 0.3) is 0 Å². The SMILES string of the molecule is CCCC1=C[C@H]2C(=O)N[C@]1(C)[C@@H]1C(=O)N(c3ccccc3)C(=O)[C@@H]12. The molecule has 5 nitrogen and oxygen atoms in total. The van der Waals surface area contributed by atoms with E-state index in [1.54, 1.807) is 24.3 Å². The number of nitrogens with one attached hydrogen (secondary N) is 1. The molecule has 5 heteroatoms. The van der Waals surface area contributed by atoms with E-state index in [-0.39, 0.29) is 17.7 Å². The fourth-order valence-corrected chi connectivity index (χ4v) is 4.53. The summed E-state index contributed by atoms with van der Waals surface area (Å²) in [6.07, 6.45) is 3.69. The summed E-state index contributed by atoms with van der Waals surface area (Å²) in [4.78, 5) is 39.8. The van der Waals surface area contributed by atoms with Crippen LogP contribution in [0.5, 0.6) is 0 Å². The van der Waals surface area contributed by atoms with Gasteiger partial charge in [0.2, 0.25) is 17.7 Å². The van der Waals surface area contributed by atoms with E-state index in [9.17, 15) is 14.4 Å². The van der Waals surface area contributed by atoms with E-state index in [0.29, 0.717) is 5.69 Å². The molecule has 1 aliphatic carbocycles. The summed E-state index contributed by atoms with van der Waals surface area (Å²) < 4.78 is 0. The molecule has 3 aliphatic heterocycles. The van der Waals surface area contributed by atoms with Gasteiger partial charge in [-0.05, 0) is 31.1 Å². The maximum Gasteiger partial charge on any atom is 0.240 e. The maximum atomic E-state index is 13.1. The fourth-order valence-electron chi connectivity index (χ4n) is 4.53. The fraction of sp³-hybridized carbons (Fsp3) is 0.421. The Morgan fingerprint density at radius 3 is 2.50 bits per heavy atom. The van der Waals surface area contributed by atoms with Crippen molar-refractivity contribution in [3.8, 4) is 0 Å². The lowest BCUT2D eigenvalue weighted by Crippen LogP contribution is -2.66. The number of carbonyl (C=O) groups excluding carboxylic acids is 3. The highest BCUT2D eigenvalue weighted by molar-refractivity contribution is 6.24. The number of hydrogen-bond acceptors (Lipinski definition) is 3. The van der Waals surface area contributed by atoms with E-state index >= 15 is 0 Å². The number of rotatable bonds is 3. The zero-order chi connectivity index (χ0) is 17.1. The van der Waals surface area contributed by atoms with Crippen molar-refractivity contribution in [1.29, 1.82) is 0 Å². The molecule has 0 radical (unpaired) electrons. The number of fused-ring (bicyclic) bond motifs is 1. The average Bonchev–Trinajstić information content (AvgIpc) is 2.83. The van der Waals surface area contributed by atoms with Crippen LogP contribution in [-0.4, -0.2) is 23.3 Å². The molecular weight excluding hydrogens is 304 g/mol. The molecule has 1 aromatic carbocycles. The lowest BCUT2D eigenvalue weighted by atomic mass is 9.60. The van der Waals surface area contributed by atoms with Crippen LogP contribution in [0.1, 0.15) is 26.7 Å². The first-order chi connectivity index (χ1) is 11.5. The van der Waals surface area contributed by atoms with Gasteiger partial charge in [-0.3, -0.25) is 14.4 Å². The molecule has 3 heterocycles. The second-order valence-electron chi connectivity index (χ2n) is 7.01. The van der Waals surface area contributed by atoms with Crippen LogP contribution in [0.25, 0.3) is 0 Å². The normalized spacial score (nSPS) is 34.2. The highest BCUT2D eigenvalue weighted by atomic mass is 16.2. The lowest BCUT2D eigenvalue weighted by molar-refractivity contribution is -0.140. The van der Waals surface area contributed by atoms with Crippen LogP contribution in [0.15, 0.2) is 42.0 Å². The Balaban J connectivity index is 1.82. The highest BCUT2D eigenvalue weighted by Crippen LogP contribution is 2.51. The van der Waals surface area contributed by atoms with Gasteiger partial charge in [-0.1, -0.05) is 37.6 Å². The van der Waals surface area contributed by atoms with Gasteiger partial charge in [0.15, 0.2) is 0 Å². The Morgan fingerprint density at radius 2 is 1.83 bits per heavy atom. The first kappa shape index (κ1) is 15.1. The molecule has 5 rings (SSSR count). The number of piperidine rings is 1. The summed E-state index contributed by atoms with van der Waals surface area (Å²) in [6, 6.07) is 8.97. The third-order valence-electron chi connectivity index (χ3n) is 5.63. The average molecular weight is 324 g/mol. The first-order valence-electron chi connectivity index (χ1n) is 8.45. The molecule has 1 N–H and O–H groups in total. The van der Waals surface area contributed by atoms with Crippen molar-refractivity contribution in [2.75, 3.05) is 4.90 Å². The van der Waals surface area contributed by atoms with Crippen molar-refractivity contribution < 1.29 is 14.4 Å². The summed E-state index contributed by atoms with van der Waals surface area (Å²) in [5.41, 5.74) is 0.893. The first-order valence-corrected chi connectivity index (χ1v) is 8.45. The molecule has 4 aliphatic rings. The van der Waals surface area contributed by atoms with Crippen LogP contribution in [0, 0.1) is 17.8 Å². The van der Waals surface area contributed by atoms with E-state index in [1.165, 1.54) is 4.90 Å². The number of carbonyl (C=O) groups is 3. The topological polar surface area (TPSA) is 66.5 Å². The van der Waals surface area contributed by atoms with E-state index in [4.69, 9.17) is 0 Å². The van der Waals surface area contributed by atoms with Crippen molar-refractivity contribution in [3.63, 3.8) is 0 Å². The zero-order valence-electron chi connectivity index (χ0n) is 13.8. The van der Waals surface area contributed by atoms with Crippen LogP contribution in [0.2, 0.25) is 0 Å². The quantitative estimate of drug-likeness (QED) is 0.683. The molecule has 2 saturated heterocycles. The summed E-state index contributed by atoms with van der Waals surface area (Å²) in [5, 5.41) is 3.01. The van der Waals surface area contributed by atoms with Gasteiger partial charge in [0, 0.05) is 0 Å². The summed E-state index contributed by atoms with van der Waals surface area (Å²) in [5.74, 6) is -2.24.